The number of rotatable bonds is 3. The zero-order valence-electron chi connectivity index (χ0n) is 7.43. The molecule has 0 unspecified atom stereocenters. The summed E-state index contributed by atoms with van der Waals surface area (Å²) in [6, 6.07) is -0.228. The Morgan fingerprint density at radius 3 is 2.62 bits per heavy atom. The van der Waals surface area contributed by atoms with Crippen LogP contribution in [0.5, 0.6) is 0 Å². The van der Waals surface area contributed by atoms with Gasteiger partial charge in [-0.25, -0.2) is 4.79 Å². The Balaban J connectivity index is 2.54. The fourth-order valence-electron chi connectivity index (χ4n) is 1.10. The summed E-state index contributed by atoms with van der Waals surface area (Å²) in [4.78, 5) is 25.1. The minimum absolute atomic E-state index is 0.142. The number of hydrogen-bond donors (Lipinski definition) is 1. The predicted molar refractivity (Wildman–Crippen MR) is 52.7 cm³/mol. The fourth-order valence-corrected chi connectivity index (χ4v) is 1.25. The van der Waals surface area contributed by atoms with Gasteiger partial charge < -0.3 is 4.90 Å². The number of thiol groups is 1. The highest BCUT2D eigenvalue weighted by Crippen LogP contribution is 2.06. The molecule has 0 aromatic rings. The van der Waals surface area contributed by atoms with Crippen molar-refractivity contribution in [2.24, 2.45) is 0 Å². The zero-order valence-corrected chi connectivity index (χ0v) is 8.33. The average Bonchev–Trinajstić information content (AvgIpc) is 2.32. The minimum atomic E-state index is -0.228. The van der Waals surface area contributed by atoms with Gasteiger partial charge in [0.15, 0.2) is 0 Å². The highest BCUT2D eigenvalue weighted by atomic mass is 32.1. The molecule has 0 bridgehead atoms. The van der Waals surface area contributed by atoms with Crippen molar-refractivity contribution < 1.29 is 9.59 Å². The van der Waals surface area contributed by atoms with Crippen molar-refractivity contribution >= 4 is 24.6 Å². The number of likely N-dealkylation sites (N-methyl/N-ethyl adjacent to an activating group) is 1. The SMILES string of the molecule is CN1CC(=O)N(C/C=C/CS)C1=O. The van der Waals surface area contributed by atoms with E-state index >= 15 is 0 Å². The number of imide groups is 1. The van der Waals surface area contributed by atoms with Gasteiger partial charge in [-0.3, -0.25) is 9.69 Å². The molecule has 0 atom stereocenters. The smallest absolute Gasteiger partial charge is 0.318 e. The van der Waals surface area contributed by atoms with Crippen LogP contribution < -0.4 is 0 Å². The number of nitrogens with zero attached hydrogens (tertiary/aromatic N) is 2. The molecule has 13 heavy (non-hydrogen) atoms. The molecule has 72 valence electrons. The van der Waals surface area contributed by atoms with Crippen LogP contribution in [0.4, 0.5) is 4.79 Å². The van der Waals surface area contributed by atoms with Gasteiger partial charge in [-0.15, -0.1) is 0 Å². The standard InChI is InChI=1S/C8H12N2O2S/c1-9-6-7(11)10(8(9)12)4-2-3-5-13/h2-3,13H,4-6H2,1H3/b3-2+. The molecular formula is C8H12N2O2S. The Kier molecular flexibility index (Phi) is 3.36. The average molecular weight is 200 g/mol. The lowest BCUT2D eigenvalue weighted by Crippen LogP contribution is -2.31. The van der Waals surface area contributed by atoms with Crippen molar-refractivity contribution in [3.8, 4) is 0 Å². The Bertz CT molecular complexity index is 253. The van der Waals surface area contributed by atoms with E-state index in [0.717, 1.165) is 0 Å². The molecule has 1 heterocycles. The third-order valence-electron chi connectivity index (χ3n) is 1.79. The van der Waals surface area contributed by atoms with Crippen LogP contribution >= 0.6 is 12.6 Å². The van der Waals surface area contributed by atoms with Crippen molar-refractivity contribution in [1.82, 2.24) is 9.80 Å². The van der Waals surface area contributed by atoms with Gasteiger partial charge in [0.05, 0.1) is 0 Å². The van der Waals surface area contributed by atoms with Crippen LogP contribution in [-0.4, -0.2) is 47.6 Å². The van der Waals surface area contributed by atoms with Crippen LogP contribution in [0.15, 0.2) is 12.2 Å². The van der Waals surface area contributed by atoms with Crippen LogP contribution in [0.1, 0.15) is 0 Å². The van der Waals surface area contributed by atoms with Crippen LogP contribution in [0, 0.1) is 0 Å². The first-order valence-corrected chi connectivity index (χ1v) is 4.61. The maximum Gasteiger partial charge on any atom is 0.327 e. The van der Waals surface area contributed by atoms with Gasteiger partial charge in [-0.2, -0.15) is 12.6 Å². The van der Waals surface area contributed by atoms with Crippen LogP contribution in [-0.2, 0) is 4.79 Å². The second-order valence-electron chi connectivity index (χ2n) is 2.80. The second kappa shape index (κ2) is 4.32. The molecule has 1 aliphatic heterocycles. The molecule has 1 fully saturated rings. The molecule has 0 N–H and O–H groups in total. The van der Waals surface area contributed by atoms with E-state index in [0.29, 0.717) is 12.3 Å². The monoisotopic (exact) mass is 200 g/mol. The second-order valence-corrected chi connectivity index (χ2v) is 3.16. The summed E-state index contributed by atoms with van der Waals surface area (Å²) in [6.45, 7) is 0.538. The summed E-state index contributed by atoms with van der Waals surface area (Å²) >= 11 is 3.97. The highest BCUT2D eigenvalue weighted by molar-refractivity contribution is 7.80. The van der Waals surface area contributed by atoms with Gasteiger partial charge in [0, 0.05) is 19.3 Å². The molecule has 5 heteroatoms. The number of carbonyl (C=O) groups is 2. The topological polar surface area (TPSA) is 40.6 Å². The van der Waals surface area contributed by atoms with Gasteiger partial charge in [-0.05, 0) is 0 Å². The Morgan fingerprint density at radius 1 is 1.46 bits per heavy atom. The van der Waals surface area contributed by atoms with Gasteiger partial charge in [0.1, 0.15) is 6.54 Å². The maximum absolute atomic E-state index is 11.3. The summed E-state index contributed by atoms with van der Waals surface area (Å²) in [5.74, 6) is 0.475. The molecule has 1 rings (SSSR count). The van der Waals surface area contributed by atoms with E-state index in [1.807, 2.05) is 6.08 Å². The lowest BCUT2D eigenvalue weighted by Gasteiger charge is -2.10. The highest BCUT2D eigenvalue weighted by Gasteiger charge is 2.32. The summed E-state index contributed by atoms with van der Waals surface area (Å²) in [5.41, 5.74) is 0. The maximum atomic E-state index is 11.3. The molecule has 4 nitrogen and oxygen atoms in total. The van der Waals surface area contributed by atoms with E-state index in [-0.39, 0.29) is 18.5 Å². The van der Waals surface area contributed by atoms with E-state index in [1.54, 1.807) is 13.1 Å². The zero-order chi connectivity index (χ0) is 9.84. The Morgan fingerprint density at radius 2 is 2.15 bits per heavy atom. The van der Waals surface area contributed by atoms with Crippen LogP contribution in [0.25, 0.3) is 0 Å². The number of amides is 3. The third kappa shape index (κ3) is 2.24. The summed E-state index contributed by atoms with van der Waals surface area (Å²) < 4.78 is 0. The third-order valence-corrected chi connectivity index (χ3v) is 2.00. The molecule has 0 aromatic heterocycles. The van der Waals surface area contributed by atoms with Crippen molar-refractivity contribution in [1.29, 1.82) is 0 Å². The van der Waals surface area contributed by atoms with Crippen molar-refractivity contribution in [2.45, 2.75) is 0 Å². The normalized spacial score (nSPS) is 18.0. The molecule has 3 amide bonds. The Labute approximate surface area is 82.6 Å². The molecule has 0 radical (unpaired) electrons. The van der Waals surface area contributed by atoms with E-state index in [4.69, 9.17) is 0 Å². The molecule has 0 aliphatic carbocycles. The van der Waals surface area contributed by atoms with Gasteiger partial charge in [-0.1, -0.05) is 12.2 Å². The molecule has 0 aromatic carbocycles. The fraction of sp³-hybridized carbons (Fsp3) is 0.500. The molecule has 1 aliphatic rings. The van der Waals surface area contributed by atoms with Gasteiger partial charge >= 0.3 is 6.03 Å². The van der Waals surface area contributed by atoms with Gasteiger partial charge in [0.2, 0.25) is 0 Å². The molecule has 0 saturated carbocycles. The van der Waals surface area contributed by atoms with E-state index in [2.05, 4.69) is 12.6 Å². The number of carbonyl (C=O) groups excluding carboxylic acids is 2. The first-order chi connectivity index (χ1) is 6.16. The number of urea groups is 1. The molecular weight excluding hydrogens is 188 g/mol. The van der Waals surface area contributed by atoms with E-state index < -0.39 is 0 Å². The van der Waals surface area contributed by atoms with Crippen LogP contribution in [0.3, 0.4) is 0 Å². The summed E-state index contributed by atoms with van der Waals surface area (Å²) in [6.07, 6.45) is 3.57. The van der Waals surface area contributed by atoms with E-state index in [9.17, 15) is 9.59 Å². The molecule has 1 saturated heterocycles. The van der Waals surface area contributed by atoms with E-state index in [1.165, 1.54) is 9.80 Å². The molecule has 0 spiro atoms. The van der Waals surface area contributed by atoms with Crippen molar-refractivity contribution in [3.63, 3.8) is 0 Å². The lowest BCUT2D eigenvalue weighted by atomic mass is 10.4. The summed E-state index contributed by atoms with van der Waals surface area (Å²) in [5, 5.41) is 0. The lowest BCUT2D eigenvalue weighted by molar-refractivity contribution is -0.124. The van der Waals surface area contributed by atoms with Crippen molar-refractivity contribution in [3.05, 3.63) is 12.2 Å². The van der Waals surface area contributed by atoms with Crippen LogP contribution in [0.2, 0.25) is 0 Å². The minimum Gasteiger partial charge on any atom is -0.318 e. The Hall–Kier alpha value is -0.970. The summed E-state index contributed by atoms with van der Waals surface area (Å²) in [7, 11) is 1.61. The first kappa shape index (κ1) is 10.1. The van der Waals surface area contributed by atoms with Crippen molar-refractivity contribution in [2.75, 3.05) is 25.9 Å². The quantitative estimate of drug-likeness (QED) is 0.406. The van der Waals surface area contributed by atoms with Gasteiger partial charge in [0.25, 0.3) is 5.91 Å². The number of hydrogen-bond acceptors (Lipinski definition) is 3. The largest absolute Gasteiger partial charge is 0.327 e. The predicted octanol–water partition coefficient (Wildman–Crippen LogP) is 0.366. The first-order valence-electron chi connectivity index (χ1n) is 3.98.